The fourth-order valence-corrected chi connectivity index (χ4v) is 4.88. The molecule has 11 heteroatoms. The lowest BCUT2D eigenvalue weighted by molar-refractivity contribution is -0.137. The van der Waals surface area contributed by atoms with Gasteiger partial charge in [0, 0.05) is 6.54 Å². The number of aromatic carboxylic acids is 3. The van der Waals surface area contributed by atoms with Crippen LogP contribution in [0.3, 0.4) is 0 Å². The molecule has 0 fully saturated rings. The molecular formula is C28H22F3NO7. The number of hydrogen-bond acceptors (Lipinski definition) is 4. The highest BCUT2D eigenvalue weighted by Gasteiger charge is 2.35. The number of carboxylic acid groups (broad SMARTS) is 3. The van der Waals surface area contributed by atoms with Gasteiger partial charge in [-0.15, -0.1) is 0 Å². The molecule has 1 aliphatic carbocycles. The molecule has 0 saturated heterocycles. The van der Waals surface area contributed by atoms with E-state index in [1.807, 2.05) is 12.1 Å². The number of fused-ring (bicyclic) bond motifs is 1. The number of amides is 1. The summed E-state index contributed by atoms with van der Waals surface area (Å²) < 4.78 is 40.2. The van der Waals surface area contributed by atoms with Crippen LogP contribution in [0.25, 0.3) is 0 Å². The summed E-state index contributed by atoms with van der Waals surface area (Å²) in [5, 5.41) is 28.8. The van der Waals surface area contributed by atoms with E-state index in [1.165, 1.54) is 17.0 Å². The molecule has 0 aliphatic heterocycles. The van der Waals surface area contributed by atoms with Crippen LogP contribution < -0.4 is 0 Å². The van der Waals surface area contributed by atoms with E-state index in [4.69, 9.17) is 0 Å². The van der Waals surface area contributed by atoms with Crippen molar-refractivity contribution in [3.63, 3.8) is 0 Å². The average Bonchev–Trinajstić information content (AvgIpc) is 2.90. The van der Waals surface area contributed by atoms with Gasteiger partial charge >= 0.3 is 24.1 Å². The number of carbonyl (C=O) groups excluding carboxylic acids is 1. The number of rotatable bonds is 7. The van der Waals surface area contributed by atoms with Gasteiger partial charge in [0.15, 0.2) is 0 Å². The molecule has 0 heterocycles. The van der Waals surface area contributed by atoms with Crippen LogP contribution in [0.1, 0.15) is 82.6 Å². The van der Waals surface area contributed by atoms with Gasteiger partial charge in [-0.1, -0.05) is 36.4 Å². The van der Waals surface area contributed by atoms with E-state index in [0.717, 1.165) is 23.3 Å². The third-order valence-corrected chi connectivity index (χ3v) is 6.66. The van der Waals surface area contributed by atoms with Crippen LogP contribution in [0.2, 0.25) is 0 Å². The third kappa shape index (κ3) is 5.62. The lowest BCUT2D eigenvalue weighted by Crippen LogP contribution is -2.37. The fraction of sp³-hybridized carbons (Fsp3) is 0.214. The molecule has 0 radical (unpaired) electrons. The van der Waals surface area contributed by atoms with Gasteiger partial charge in [0.25, 0.3) is 5.91 Å². The van der Waals surface area contributed by atoms with Crippen LogP contribution in [0, 0.1) is 0 Å². The Balaban J connectivity index is 1.89. The average molecular weight is 541 g/mol. The molecule has 1 aliphatic rings. The van der Waals surface area contributed by atoms with Crippen LogP contribution >= 0.6 is 0 Å². The Morgan fingerprint density at radius 2 is 1.38 bits per heavy atom. The maximum Gasteiger partial charge on any atom is 0.416 e. The number of nitrogens with zero attached hydrogens (tertiary/aromatic N) is 1. The first-order valence-corrected chi connectivity index (χ1v) is 11.8. The van der Waals surface area contributed by atoms with E-state index in [-0.39, 0.29) is 12.1 Å². The van der Waals surface area contributed by atoms with Crippen LogP contribution in [-0.4, -0.2) is 44.0 Å². The van der Waals surface area contributed by atoms with Crippen molar-refractivity contribution in [2.45, 2.75) is 38.0 Å². The van der Waals surface area contributed by atoms with E-state index >= 15 is 0 Å². The largest absolute Gasteiger partial charge is 0.478 e. The molecule has 8 nitrogen and oxygen atoms in total. The van der Waals surface area contributed by atoms with Gasteiger partial charge in [-0.25, -0.2) is 14.4 Å². The third-order valence-electron chi connectivity index (χ3n) is 6.66. The topological polar surface area (TPSA) is 132 Å². The minimum atomic E-state index is -4.64. The van der Waals surface area contributed by atoms with Crippen molar-refractivity contribution in [2.24, 2.45) is 0 Å². The summed E-state index contributed by atoms with van der Waals surface area (Å²) in [4.78, 5) is 50.7. The molecule has 1 atom stereocenters. The number of hydrogen-bond donors (Lipinski definition) is 3. The molecular weight excluding hydrogens is 519 g/mol. The number of halogens is 3. The van der Waals surface area contributed by atoms with Crippen molar-refractivity contribution in [2.75, 3.05) is 0 Å². The van der Waals surface area contributed by atoms with Gasteiger partial charge in [-0.05, 0) is 60.2 Å². The zero-order chi connectivity index (χ0) is 28.5. The predicted molar refractivity (Wildman–Crippen MR) is 131 cm³/mol. The predicted octanol–water partition coefficient (Wildman–Crippen LogP) is 5.52. The first-order valence-electron chi connectivity index (χ1n) is 11.8. The number of alkyl halides is 3. The number of benzene rings is 3. The van der Waals surface area contributed by atoms with Gasteiger partial charge in [0.2, 0.25) is 0 Å². The van der Waals surface area contributed by atoms with Crippen LogP contribution in [0.15, 0.2) is 60.7 Å². The quantitative estimate of drug-likeness (QED) is 0.359. The molecule has 0 aromatic heterocycles. The SMILES string of the molecule is O=C(O)c1cc(C(=O)O)c(C(=O)N(Cc2cccc(C(F)(F)F)c2)C2CCCc3ccccc32)cc1C(=O)O. The lowest BCUT2D eigenvalue weighted by Gasteiger charge is -2.36. The van der Waals surface area contributed by atoms with Crippen molar-refractivity contribution >= 4 is 23.8 Å². The minimum Gasteiger partial charge on any atom is -0.478 e. The van der Waals surface area contributed by atoms with E-state index in [2.05, 4.69) is 0 Å². The second-order valence-corrected chi connectivity index (χ2v) is 9.10. The summed E-state index contributed by atoms with van der Waals surface area (Å²) in [5.41, 5.74) is -2.08. The molecule has 3 aromatic carbocycles. The van der Waals surface area contributed by atoms with Crippen molar-refractivity contribution in [1.29, 1.82) is 0 Å². The second kappa shape index (κ2) is 10.6. The normalized spacial score (nSPS) is 14.8. The summed E-state index contributed by atoms with van der Waals surface area (Å²) in [7, 11) is 0. The van der Waals surface area contributed by atoms with Crippen molar-refractivity contribution in [3.05, 3.63) is 105 Å². The first-order chi connectivity index (χ1) is 18.4. The molecule has 4 rings (SSSR count). The molecule has 0 saturated carbocycles. The monoisotopic (exact) mass is 541 g/mol. The Bertz CT molecular complexity index is 1480. The smallest absolute Gasteiger partial charge is 0.416 e. The second-order valence-electron chi connectivity index (χ2n) is 9.10. The van der Waals surface area contributed by atoms with Gasteiger partial charge in [-0.3, -0.25) is 4.79 Å². The van der Waals surface area contributed by atoms with Crippen molar-refractivity contribution in [1.82, 2.24) is 4.90 Å². The Labute approximate surface area is 219 Å². The Morgan fingerprint density at radius 3 is 2.00 bits per heavy atom. The van der Waals surface area contributed by atoms with E-state index in [9.17, 15) is 47.7 Å². The summed E-state index contributed by atoms with van der Waals surface area (Å²) in [6.07, 6.45) is -2.88. The molecule has 3 aromatic rings. The van der Waals surface area contributed by atoms with Crippen molar-refractivity contribution in [3.8, 4) is 0 Å². The van der Waals surface area contributed by atoms with Crippen molar-refractivity contribution < 1.29 is 47.7 Å². The summed E-state index contributed by atoms with van der Waals surface area (Å²) in [6.45, 7) is -0.343. The van der Waals surface area contributed by atoms with E-state index in [1.54, 1.807) is 12.1 Å². The van der Waals surface area contributed by atoms with Crippen LogP contribution in [0.4, 0.5) is 13.2 Å². The van der Waals surface area contributed by atoms with Crippen LogP contribution in [-0.2, 0) is 19.1 Å². The summed E-state index contributed by atoms with van der Waals surface area (Å²) in [5.74, 6) is -6.01. The Kier molecular flexibility index (Phi) is 7.44. The first kappa shape index (κ1) is 27.4. The van der Waals surface area contributed by atoms with Gasteiger partial charge in [-0.2, -0.15) is 13.2 Å². The molecule has 0 bridgehead atoms. The molecule has 39 heavy (non-hydrogen) atoms. The number of carbonyl (C=O) groups is 4. The number of aryl methyl sites for hydroxylation is 1. The van der Waals surface area contributed by atoms with Gasteiger partial charge in [0.05, 0.1) is 33.9 Å². The molecule has 0 spiro atoms. The zero-order valence-electron chi connectivity index (χ0n) is 20.2. The maximum atomic E-state index is 14.0. The minimum absolute atomic E-state index is 0.124. The fourth-order valence-electron chi connectivity index (χ4n) is 4.88. The number of carboxylic acids is 3. The summed E-state index contributed by atoms with van der Waals surface area (Å²) >= 11 is 0. The molecule has 1 unspecified atom stereocenters. The Hall–Kier alpha value is -4.67. The summed E-state index contributed by atoms with van der Waals surface area (Å²) in [6, 6.07) is 12.2. The highest BCUT2D eigenvalue weighted by Crippen LogP contribution is 2.37. The van der Waals surface area contributed by atoms with Gasteiger partial charge in [0.1, 0.15) is 0 Å². The zero-order valence-corrected chi connectivity index (χ0v) is 20.2. The van der Waals surface area contributed by atoms with Gasteiger partial charge < -0.3 is 20.2 Å². The molecule has 3 N–H and O–H groups in total. The van der Waals surface area contributed by atoms with E-state index in [0.29, 0.717) is 31.4 Å². The van der Waals surface area contributed by atoms with Crippen LogP contribution in [0.5, 0.6) is 0 Å². The molecule has 202 valence electrons. The van der Waals surface area contributed by atoms with E-state index < -0.39 is 63.9 Å². The highest BCUT2D eigenvalue weighted by molar-refractivity contribution is 6.10. The maximum absolute atomic E-state index is 14.0. The highest BCUT2D eigenvalue weighted by atomic mass is 19.4. The Morgan fingerprint density at radius 1 is 0.795 bits per heavy atom. The standard InChI is InChI=1S/C28H22F3NO7/c29-28(30,31)17-8-3-5-15(11-17)14-32(23-10-4-7-16-6-1-2-9-18(16)23)24(33)19-12-21(26(36)37)22(27(38)39)13-20(19)25(34)35/h1-3,5-6,8-9,11-13,23H,4,7,10,14H2,(H,34,35)(H,36,37)(H,38,39). The molecule has 1 amide bonds. The lowest BCUT2D eigenvalue weighted by atomic mass is 9.86.